The third kappa shape index (κ3) is 0.669. The van der Waals surface area contributed by atoms with Gasteiger partial charge in [-0.05, 0) is 6.42 Å². The number of nitrogens with zero attached hydrogens (tertiary/aromatic N) is 1. The minimum atomic E-state index is 0.468. The average molecular weight is 120 g/mol. The molecular formula is C7H8N2+. The molecule has 45 valence electrons. The number of hydrogen-bond acceptors (Lipinski definition) is 2. The summed E-state index contributed by atoms with van der Waals surface area (Å²) in [6, 6.07) is 0.468. The van der Waals surface area contributed by atoms with E-state index >= 15 is 0 Å². The van der Waals surface area contributed by atoms with E-state index in [0.29, 0.717) is 6.04 Å². The second kappa shape index (κ2) is 1.72. The first-order valence-corrected chi connectivity index (χ1v) is 3.12. The first-order valence-electron chi connectivity index (χ1n) is 3.12. The van der Waals surface area contributed by atoms with Crippen LogP contribution in [0.3, 0.4) is 0 Å². The highest BCUT2D eigenvalue weighted by Gasteiger charge is 2.24. The molecule has 1 aliphatic carbocycles. The normalized spacial score (nSPS) is 29.3. The van der Waals surface area contributed by atoms with Crippen molar-refractivity contribution in [3.8, 4) is 0 Å². The van der Waals surface area contributed by atoms with Crippen LogP contribution in [0.5, 0.6) is 0 Å². The van der Waals surface area contributed by atoms with Crippen molar-refractivity contribution < 1.29 is 0 Å². The van der Waals surface area contributed by atoms with Gasteiger partial charge in [0.25, 0.3) is 6.21 Å². The van der Waals surface area contributed by atoms with Gasteiger partial charge in [-0.1, -0.05) is 18.2 Å². The fourth-order valence-electron chi connectivity index (χ4n) is 1.11. The molecule has 9 heavy (non-hydrogen) atoms. The summed E-state index contributed by atoms with van der Waals surface area (Å²) in [5, 5.41) is 3.94. The van der Waals surface area contributed by atoms with Crippen molar-refractivity contribution in [1.29, 1.82) is 0 Å². The summed E-state index contributed by atoms with van der Waals surface area (Å²) in [7, 11) is 0. The van der Waals surface area contributed by atoms with Crippen LogP contribution >= 0.6 is 0 Å². The van der Waals surface area contributed by atoms with E-state index in [4.69, 9.17) is 0 Å². The SMILES string of the molecule is C1=CCC2N[N+]=CC2=C1. The van der Waals surface area contributed by atoms with Gasteiger partial charge in [0.05, 0.1) is 5.57 Å². The minimum absolute atomic E-state index is 0.468. The van der Waals surface area contributed by atoms with E-state index in [1.54, 1.807) is 0 Å². The molecule has 2 rings (SSSR count). The maximum absolute atomic E-state index is 3.94. The van der Waals surface area contributed by atoms with Crippen LogP contribution in [-0.2, 0) is 0 Å². The van der Waals surface area contributed by atoms with E-state index in [2.05, 4.69) is 28.8 Å². The molecule has 0 bridgehead atoms. The van der Waals surface area contributed by atoms with Crippen LogP contribution in [0.2, 0.25) is 0 Å². The van der Waals surface area contributed by atoms with Gasteiger partial charge >= 0.3 is 0 Å². The maximum atomic E-state index is 3.94. The fraction of sp³-hybridized carbons (Fsp3) is 0.286. The minimum Gasteiger partial charge on any atom is -0.125 e. The molecule has 2 heteroatoms. The number of nitrogens with one attached hydrogen (secondary N) is 1. The van der Waals surface area contributed by atoms with Gasteiger partial charge in [0, 0.05) is 0 Å². The largest absolute Gasteiger partial charge is 0.280 e. The number of allylic oxidation sites excluding steroid dienone is 2. The predicted molar refractivity (Wildman–Crippen MR) is 37.0 cm³/mol. The lowest BCUT2D eigenvalue weighted by Gasteiger charge is -2.04. The topological polar surface area (TPSA) is 26.1 Å². The molecule has 0 aromatic rings. The van der Waals surface area contributed by atoms with E-state index in [0.717, 1.165) is 6.42 Å². The molecule has 1 heterocycles. The average Bonchev–Trinajstić information content (AvgIpc) is 2.33. The molecule has 1 radical (unpaired) electrons. The number of rotatable bonds is 0. The number of fused-ring (bicyclic) bond motifs is 1. The van der Waals surface area contributed by atoms with Crippen LogP contribution in [0.1, 0.15) is 6.42 Å². The highest BCUT2D eigenvalue weighted by Crippen LogP contribution is 2.11. The molecule has 2 aliphatic rings. The second-order valence-electron chi connectivity index (χ2n) is 2.27. The molecule has 1 N–H and O–H groups in total. The Morgan fingerprint density at radius 3 is 3.56 bits per heavy atom. The first kappa shape index (κ1) is 4.79. The van der Waals surface area contributed by atoms with Crippen molar-refractivity contribution in [2.75, 3.05) is 0 Å². The molecular weight excluding hydrogens is 112 g/mol. The van der Waals surface area contributed by atoms with Crippen LogP contribution in [0.25, 0.3) is 0 Å². The van der Waals surface area contributed by atoms with E-state index in [-0.39, 0.29) is 0 Å². The maximum Gasteiger partial charge on any atom is 0.280 e. The lowest BCUT2D eigenvalue weighted by molar-refractivity contribution is 0.604. The quantitative estimate of drug-likeness (QED) is 0.484. The summed E-state index contributed by atoms with van der Waals surface area (Å²) in [5.41, 5.74) is 4.31. The van der Waals surface area contributed by atoms with Crippen LogP contribution in [0, 0.1) is 0 Å². The molecule has 0 saturated carbocycles. The third-order valence-corrected chi connectivity index (χ3v) is 1.64. The van der Waals surface area contributed by atoms with Gasteiger partial charge in [-0.25, -0.2) is 0 Å². The number of hydrogen-bond donors (Lipinski definition) is 1. The molecule has 0 aromatic heterocycles. The Morgan fingerprint density at radius 1 is 1.67 bits per heavy atom. The Hall–Kier alpha value is -1.05. The molecule has 0 fully saturated rings. The van der Waals surface area contributed by atoms with E-state index in [9.17, 15) is 0 Å². The zero-order valence-corrected chi connectivity index (χ0v) is 5.04. The van der Waals surface area contributed by atoms with Crippen molar-refractivity contribution in [2.45, 2.75) is 12.5 Å². The molecule has 2 nitrogen and oxygen atoms in total. The standard InChI is InChI=1S/C7H8N2/c1-2-4-7-6(3-1)5-8-9-7/h1-3,5,7,9H,4H2/q+1. The molecule has 1 atom stereocenters. The smallest absolute Gasteiger partial charge is 0.125 e. The first-order chi connectivity index (χ1) is 4.47. The Balaban J connectivity index is 2.31. The van der Waals surface area contributed by atoms with Gasteiger partial charge in [-0.2, -0.15) is 0 Å². The van der Waals surface area contributed by atoms with Crippen LogP contribution in [-0.4, -0.2) is 12.3 Å². The van der Waals surface area contributed by atoms with E-state index < -0.39 is 0 Å². The Kier molecular flexibility index (Phi) is 0.918. The monoisotopic (exact) mass is 120 g/mol. The van der Waals surface area contributed by atoms with Crippen LogP contribution in [0.15, 0.2) is 23.8 Å². The zero-order chi connectivity index (χ0) is 6.10. The van der Waals surface area contributed by atoms with Crippen molar-refractivity contribution in [2.24, 2.45) is 0 Å². The summed E-state index contributed by atoms with van der Waals surface area (Å²) >= 11 is 0. The van der Waals surface area contributed by atoms with E-state index in [1.807, 2.05) is 6.21 Å². The number of hydrazone groups is 1. The van der Waals surface area contributed by atoms with Gasteiger partial charge in [0.2, 0.25) is 0 Å². The fourth-order valence-corrected chi connectivity index (χ4v) is 1.11. The van der Waals surface area contributed by atoms with Crippen LogP contribution in [0.4, 0.5) is 0 Å². The second-order valence-corrected chi connectivity index (χ2v) is 2.27. The van der Waals surface area contributed by atoms with Gasteiger partial charge in [0.15, 0.2) is 5.10 Å². The van der Waals surface area contributed by atoms with Gasteiger partial charge in [-0.3, -0.25) is 0 Å². The van der Waals surface area contributed by atoms with E-state index in [1.165, 1.54) is 5.57 Å². The molecule has 0 aromatic carbocycles. The summed E-state index contributed by atoms with van der Waals surface area (Å²) in [6.45, 7) is 0. The molecule has 1 unspecified atom stereocenters. The Bertz CT molecular complexity index is 201. The Morgan fingerprint density at radius 2 is 2.67 bits per heavy atom. The lowest BCUT2D eigenvalue weighted by Crippen LogP contribution is -2.25. The van der Waals surface area contributed by atoms with Gasteiger partial charge in [0.1, 0.15) is 6.04 Å². The lowest BCUT2D eigenvalue weighted by atomic mass is 10.0. The highest BCUT2D eigenvalue weighted by molar-refractivity contribution is 5.82. The van der Waals surface area contributed by atoms with Crippen molar-refractivity contribution in [1.82, 2.24) is 10.5 Å². The van der Waals surface area contributed by atoms with Crippen molar-refractivity contribution in [3.63, 3.8) is 0 Å². The highest BCUT2D eigenvalue weighted by atomic mass is 15.3. The summed E-state index contributed by atoms with van der Waals surface area (Å²) in [6.07, 6.45) is 9.28. The van der Waals surface area contributed by atoms with Gasteiger partial charge in [-0.15, -0.1) is 5.43 Å². The predicted octanol–water partition coefficient (Wildman–Crippen LogP) is 0.166. The van der Waals surface area contributed by atoms with Gasteiger partial charge < -0.3 is 0 Å². The van der Waals surface area contributed by atoms with Crippen LogP contribution < -0.4 is 10.5 Å². The molecule has 0 spiro atoms. The molecule has 0 amide bonds. The third-order valence-electron chi connectivity index (χ3n) is 1.64. The summed E-state index contributed by atoms with van der Waals surface area (Å²) in [5.74, 6) is 0. The van der Waals surface area contributed by atoms with Crippen molar-refractivity contribution in [3.05, 3.63) is 23.8 Å². The Labute approximate surface area is 54.0 Å². The zero-order valence-electron chi connectivity index (χ0n) is 5.04. The summed E-state index contributed by atoms with van der Waals surface area (Å²) in [4.78, 5) is 0. The molecule has 0 saturated heterocycles. The molecule has 1 aliphatic heterocycles. The van der Waals surface area contributed by atoms with Crippen molar-refractivity contribution >= 4 is 6.21 Å². The summed E-state index contributed by atoms with van der Waals surface area (Å²) < 4.78 is 0.